The second-order valence-electron chi connectivity index (χ2n) is 1.78. The van der Waals surface area contributed by atoms with Gasteiger partial charge in [-0.15, -0.1) is 0 Å². The standard InChI is InChI=1S/C6H4S4.3HI.V/c1-2-8-5(7-1)6-9-3-4-10-6;;;;/h1-4H;3*1H;/q;;;;+3/p-3. The van der Waals surface area contributed by atoms with Crippen molar-refractivity contribution in [1.29, 1.82) is 0 Å². The number of rotatable bonds is 0. The van der Waals surface area contributed by atoms with Crippen LogP contribution in [0.25, 0.3) is 0 Å². The molecule has 8 heteroatoms. The van der Waals surface area contributed by atoms with Gasteiger partial charge in [-0.05, 0) is 21.6 Å². The van der Waals surface area contributed by atoms with Crippen molar-refractivity contribution in [2.24, 2.45) is 0 Å². The van der Waals surface area contributed by atoms with Gasteiger partial charge in [0.2, 0.25) is 0 Å². The molecule has 0 aromatic heterocycles. The Morgan fingerprint density at radius 3 is 1.14 bits per heavy atom. The predicted molar refractivity (Wildman–Crippen MR) is 97.7 cm³/mol. The van der Waals surface area contributed by atoms with E-state index in [0.29, 0.717) is 0 Å². The van der Waals surface area contributed by atoms with Crippen LogP contribution in [0.1, 0.15) is 0 Å². The average Bonchev–Trinajstić information content (AvgIpc) is 2.76. The van der Waals surface area contributed by atoms with E-state index >= 15 is 0 Å². The van der Waals surface area contributed by atoms with Gasteiger partial charge in [-0.1, -0.05) is 47.0 Å². The first-order chi connectivity index (χ1) is 6.70. The zero-order chi connectivity index (χ0) is 10.4. The molecule has 2 aliphatic heterocycles. The Morgan fingerprint density at radius 1 is 0.714 bits per heavy atom. The number of hydrogen-bond acceptors (Lipinski definition) is 4. The van der Waals surface area contributed by atoms with Gasteiger partial charge in [0.15, 0.2) is 0 Å². The molecule has 0 radical (unpaired) electrons. The summed E-state index contributed by atoms with van der Waals surface area (Å²) in [6.07, 6.45) is 0. The van der Waals surface area contributed by atoms with Crippen LogP contribution in [-0.4, -0.2) is 0 Å². The summed E-state index contributed by atoms with van der Waals surface area (Å²) in [5, 5.41) is 8.53. The Labute approximate surface area is 139 Å². The summed E-state index contributed by atoms with van der Waals surface area (Å²) >= 11 is 14.7. The molecular formula is C6H4I3S4V. The van der Waals surface area contributed by atoms with Crippen molar-refractivity contribution >= 4 is 107 Å². The van der Waals surface area contributed by atoms with Crippen LogP contribution in [-0.2, 0) is 4.92 Å². The van der Waals surface area contributed by atoms with Gasteiger partial charge in [0, 0.05) is 0 Å². The van der Waals surface area contributed by atoms with E-state index in [-0.39, 0.29) is 4.92 Å². The predicted octanol–water partition coefficient (Wildman–Crippen LogP) is 6.67. The molecule has 2 heterocycles. The molecule has 0 bridgehead atoms. The maximum absolute atomic E-state index is 2.46. The van der Waals surface area contributed by atoms with Gasteiger partial charge in [-0.2, -0.15) is 0 Å². The Morgan fingerprint density at radius 2 is 0.929 bits per heavy atom. The average molecular weight is 636 g/mol. The molecule has 0 saturated carbocycles. The van der Waals surface area contributed by atoms with E-state index < -0.39 is 0 Å². The molecule has 2 aliphatic rings. The first-order valence-electron chi connectivity index (χ1n) is 3.18. The molecule has 2 rings (SSSR count). The molecule has 0 fully saturated rings. The SMILES string of the molecule is C1=CSC(=C2SC=CS2)S1.[I][V]([I])[I]. The Bertz CT molecular complexity index is 229. The number of halogens is 3. The second-order valence-corrected chi connectivity index (χ2v) is 41.3. The third-order valence-corrected chi connectivity index (χ3v) is 5.76. The Kier molecular flexibility index (Phi) is 10.3. The molecule has 0 nitrogen and oxygen atoms in total. The van der Waals surface area contributed by atoms with E-state index in [1.807, 2.05) is 47.0 Å². The normalized spacial score (nSPS) is 19.1. The zero-order valence-corrected chi connectivity index (χ0v) is 17.7. The van der Waals surface area contributed by atoms with Crippen LogP contribution in [0, 0.1) is 0 Å². The summed E-state index contributed by atoms with van der Waals surface area (Å²) < 4.78 is 2.86. The van der Waals surface area contributed by atoms with Gasteiger partial charge in [0.05, 0.1) is 8.47 Å². The molecule has 0 aromatic rings. The molecule has 0 aromatic carbocycles. The van der Waals surface area contributed by atoms with Gasteiger partial charge in [-0.25, -0.2) is 0 Å². The molecule has 0 saturated heterocycles. The van der Waals surface area contributed by atoms with E-state index in [2.05, 4.69) is 81.6 Å². The van der Waals surface area contributed by atoms with Crippen molar-refractivity contribution < 1.29 is 4.92 Å². The van der Waals surface area contributed by atoms with E-state index in [0.717, 1.165) is 0 Å². The van der Waals surface area contributed by atoms with E-state index in [1.165, 1.54) is 8.47 Å². The fraction of sp³-hybridized carbons (Fsp3) is 0. The van der Waals surface area contributed by atoms with Crippen molar-refractivity contribution in [2.75, 3.05) is 0 Å². The van der Waals surface area contributed by atoms with Crippen LogP contribution in [0.15, 0.2) is 30.1 Å². The quantitative estimate of drug-likeness (QED) is 0.273. The molecule has 0 aliphatic carbocycles. The Hall–Kier alpha value is 3.39. The second kappa shape index (κ2) is 9.34. The van der Waals surface area contributed by atoms with Crippen molar-refractivity contribution in [1.82, 2.24) is 0 Å². The van der Waals surface area contributed by atoms with Crippen LogP contribution in [0.5, 0.6) is 0 Å². The molecular weight excluding hydrogens is 632 g/mol. The van der Waals surface area contributed by atoms with Crippen LogP contribution in [0.4, 0.5) is 0 Å². The van der Waals surface area contributed by atoms with Crippen LogP contribution < -0.4 is 0 Å². The monoisotopic (exact) mass is 636 g/mol. The summed E-state index contributed by atoms with van der Waals surface area (Å²) in [6, 6.07) is 0. The minimum absolute atomic E-state index is 0.278. The molecule has 78 valence electrons. The fourth-order valence-electron chi connectivity index (χ4n) is 0.606. The van der Waals surface area contributed by atoms with Gasteiger partial charge >= 0.3 is 64.9 Å². The molecule has 0 amide bonds. The Balaban J connectivity index is 0.000000213. The first-order valence-corrected chi connectivity index (χ1v) is 20.2. The van der Waals surface area contributed by atoms with Gasteiger partial charge in [0.25, 0.3) is 0 Å². The van der Waals surface area contributed by atoms with Crippen molar-refractivity contribution in [2.45, 2.75) is 0 Å². The van der Waals surface area contributed by atoms with Gasteiger partial charge in [-0.3, -0.25) is 0 Å². The topological polar surface area (TPSA) is 0 Å². The third-order valence-electron chi connectivity index (χ3n) is 0.978. The first kappa shape index (κ1) is 15.5. The summed E-state index contributed by atoms with van der Waals surface area (Å²) in [5.41, 5.74) is 0. The summed E-state index contributed by atoms with van der Waals surface area (Å²) in [7, 11) is 0. The van der Waals surface area contributed by atoms with Crippen molar-refractivity contribution in [3.63, 3.8) is 0 Å². The van der Waals surface area contributed by atoms with Crippen LogP contribution in [0.3, 0.4) is 0 Å². The summed E-state index contributed by atoms with van der Waals surface area (Å²) in [4.78, 5) is -0.278. The van der Waals surface area contributed by atoms with E-state index in [4.69, 9.17) is 0 Å². The number of thioether (sulfide) groups is 4. The molecule has 0 unspecified atom stereocenters. The molecule has 0 atom stereocenters. The fourth-order valence-corrected chi connectivity index (χ4v) is 4.64. The maximum atomic E-state index is 2.46. The summed E-state index contributed by atoms with van der Waals surface area (Å²) in [5.74, 6) is 0. The van der Waals surface area contributed by atoms with Crippen molar-refractivity contribution in [3.05, 3.63) is 30.1 Å². The number of hydrogen-bond donors (Lipinski definition) is 0. The molecule has 0 N–H and O–H groups in total. The van der Waals surface area contributed by atoms with Crippen LogP contribution in [0.2, 0.25) is 0 Å². The van der Waals surface area contributed by atoms with E-state index in [1.54, 1.807) is 0 Å². The zero-order valence-electron chi connectivity index (χ0n) is 6.52. The summed E-state index contributed by atoms with van der Waals surface area (Å²) in [6.45, 7) is 0. The minimum atomic E-state index is -0.278. The van der Waals surface area contributed by atoms with Gasteiger partial charge in [0.1, 0.15) is 0 Å². The molecule has 0 spiro atoms. The van der Waals surface area contributed by atoms with Crippen molar-refractivity contribution in [3.8, 4) is 0 Å². The molecule has 14 heavy (non-hydrogen) atoms. The van der Waals surface area contributed by atoms with E-state index in [9.17, 15) is 0 Å². The third kappa shape index (κ3) is 6.97. The van der Waals surface area contributed by atoms with Crippen LogP contribution >= 0.6 is 107 Å². The van der Waals surface area contributed by atoms with Gasteiger partial charge < -0.3 is 0 Å².